The highest BCUT2D eigenvalue weighted by Crippen LogP contribution is 2.25. The highest BCUT2D eigenvalue weighted by Gasteiger charge is 2.32. The summed E-state index contributed by atoms with van der Waals surface area (Å²) in [5, 5.41) is 0. The van der Waals surface area contributed by atoms with E-state index in [-0.39, 0.29) is 22.3 Å². The second-order valence-corrected chi connectivity index (χ2v) is 11.4. The van der Waals surface area contributed by atoms with E-state index in [0.717, 1.165) is 38.6 Å². The molecule has 1 unspecified atom stereocenters. The number of sulfonamides is 1. The van der Waals surface area contributed by atoms with Crippen molar-refractivity contribution in [3.8, 4) is 0 Å². The van der Waals surface area contributed by atoms with Gasteiger partial charge in [-0.15, -0.1) is 0 Å². The number of hydrogen-bond donors (Lipinski definition) is 0. The number of hydrogen-bond acceptors (Lipinski definition) is 5. The van der Waals surface area contributed by atoms with Crippen molar-refractivity contribution in [2.45, 2.75) is 56.4 Å². The fourth-order valence-electron chi connectivity index (χ4n) is 5.14. The Balaban J connectivity index is 1.39. The van der Waals surface area contributed by atoms with Gasteiger partial charge in [-0.2, -0.15) is 4.31 Å². The Kier molecular flexibility index (Phi) is 7.71. The maximum Gasteiger partial charge on any atom is 0.255 e. The zero-order valence-corrected chi connectivity index (χ0v) is 20.4. The summed E-state index contributed by atoms with van der Waals surface area (Å²) in [6.45, 7) is 6.54. The summed E-state index contributed by atoms with van der Waals surface area (Å²) in [7, 11) is -3.70. The summed E-state index contributed by atoms with van der Waals surface area (Å²) in [6.07, 6.45) is 6.06. The Bertz CT molecular complexity index is 953. The molecule has 3 fully saturated rings. The molecule has 0 aliphatic carbocycles. The van der Waals surface area contributed by atoms with Crippen molar-refractivity contribution < 1.29 is 18.0 Å². The van der Waals surface area contributed by atoms with E-state index in [2.05, 4.69) is 11.8 Å². The van der Waals surface area contributed by atoms with Crippen molar-refractivity contribution in [3.63, 3.8) is 0 Å². The van der Waals surface area contributed by atoms with Crippen molar-refractivity contribution in [1.82, 2.24) is 19.0 Å². The summed E-state index contributed by atoms with van der Waals surface area (Å²) in [5.41, 5.74) is 0.245. The van der Waals surface area contributed by atoms with Gasteiger partial charge in [-0.25, -0.2) is 8.42 Å². The summed E-state index contributed by atoms with van der Waals surface area (Å²) >= 11 is 0. The van der Waals surface area contributed by atoms with Gasteiger partial charge in [-0.05, 0) is 51.2 Å². The van der Waals surface area contributed by atoms with Crippen molar-refractivity contribution in [2.24, 2.45) is 0 Å². The van der Waals surface area contributed by atoms with Gasteiger partial charge in [0.15, 0.2) is 0 Å². The Morgan fingerprint density at radius 2 is 1.55 bits per heavy atom. The van der Waals surface area contributed by atoms with E-state index in [1.165, 1.54) is 10.7 Å². The first-order chi connectivity index (χ1) is 15.9. The molecule has 4 rings (SSSR count). The summed E-state index contributed by atoms with van der Waals surface area (Å²) in [6, 6.07) is 6.86. The SMILES string of the molecule is CC1CCCCN1C(=O)CN1CCN(C(=O)c2ccccc2S(=O)(=O)N2CCCCC2)CC1. The molecule has 0 N–H and O–H groups in total. The van der Waals surface area contributed by atoms with Gasteiger partial charge in [0.05, 0.1) is 17.0 Å². The number of nitrogens with zero attached hydrogens (tertiary/aromatic N) is 4. The molecule has 182 valence electrons. The first-order valence-corrected chi connectivity index (χ1v) is 13.7. The van der Waals surface area contributed by atoms with Gasteiger partial charge in [0.2, 0.25) is 15.9 Å². The molecule has 3 heterocycles. The molecule has 33 heavy (non-hydrogen) atoms. The molecule has 8 nitrogen and oxygen atoms in total. The summed E-state index contributed by atoms with van der Waals surface area (Å²) < 4.78 is 28.0. The lowest BCUT2D eigenvalue weighted by atomic mass is 10.0. The minimum absolute atomic E-state index is 0.105. The molecule has 0 bridgehead atoms. The van der Waals surface area contributed by atoms with E-state index in [9.17, 15) is 18.0 Å². The third kappa shape index (κ3) is 5.41. The minimum atomic E-state index is -3.70. The van der Waals surface area contributed by atoms with Crippen LogP contribution >= 0.6 is 0 Å². The Hall–Kier alpha value is -1.97. The molecule has 1 aromatic carbocycles. The number of piperazine rings is 1. The molecule has 9 heteroatoms. The first-order valence-electron chi connectivity index (χ1n) is 12.3. The average Bonchev–Trinajstić information content (AvgIpc) is 2.85. The van der Waals surface area contributed by atoms with E-state index in [1.807, 2.05) is 4.90 Å². The van der Waals surface area contributed by atoms with Crippen molar-refractivity contribution in [3.05, 3.63) is 29.8 Å². The zero-order chi connectivity index (χ0) is 23.4. The topological polar surface area (TPSA) is 81.2 Å². The lowest BCUT2D eigenvalue weighted by Gasteiger charge is -2.38. The van der Waals surface area contributed by atoms with Crippen LogP contribution in [0.15, 0.2) is 29.2 Å². The van der Waals surface area contributed by atoms with Crippen LogP contribution in [0, 0.1) is 0 Å². The number of benzene rings is 1. The molecule has 2 amide bonds. The molecule has 0 aromatic heterocycles. The Morgan fingerprint density at radius 3 is 2.24 bits per heavy atom. The van der Waals surface area contributed by atoms with E-state index in [1.54, 1.807) is 29.2 Å². The standard InChI is InChI=1S/C24H36N4O4S/c1-20-9-5-8-14-28(20)23(29)19-25-15-17-26(18-16-25)24(30)21-10-3-4-11-22(21)33(31,32)27-12-6-2-7-13-27/h3-4,10-11,20H,2,5-9,12-19H2,1H3. The third-order valence-electron chi connectivity index (χ3n) is 7.19. The monoisotopic (exact) mass is 476 g/mol. The largest absolute Gasteiger partial charge is 0.339 e. The maximum atomic E-state index is 13.3. The fraction of sp³-hybridized carbons (Fsp3) is 0.667. The van der Waals surface area contributed by atoms with Gasteiger partial charge < -0.3 is 9.80 Å². The van der Waals surface area contributed by atoms with Crippen molar-refractivity contribution in [1.29, 1.82) is 0 Å². The molecule has 3 aliphatic rings. The van der Waals surface area contributed by atoms with E-state index >= 15 is 0 Å². The second kappa shape index (κ2) is 10.5. The zero-order valence-electron chi connectivity index (χ0n) is 19.6. The predicted molar refractivity (Wildman–Crippen MR) is 126 cm³/mol. The number of rotatable bonds is 5. The highest BCUT2D eigenvalue weighted by molar-refractivity contribution is 7.89. The van der Waals surface area contributed by atoms with E-state index < -0.39 is 10.0 Å². The minimum Gasteiger partial charge on any atom is -0.339 e. The smallest absolute Gasteiger partial charge is 0.255 e. The number of likely N-dealkylation sites (tertiary alicyclic amines) is 1. The summed E-state index contributed by atoms with van der Waals surface area (Å²) in [5.74, 6) is -0.0817. The van der Waals surface area contributed by atoms with Gasteiger partial charge in [0, 0.05) is 51.9 Å². The highest BCUT2D eigenvalue weighted by atomic mass is 32.2. The molecule has 1 atom stereocenters. The van der Waals surface area contributed by atoms with Crippen LogP contribution in [-0.2, 0) is 14.8 Å². The Morgan fingerprint density at radius 1 is 0.879 bits per heavy atom. The van der Waals surface area contributed by atoms with Gasteiger partial charge in [0.1, 0.15) is 0 Å². The molecule has 3 saturated heterocycles. The van der Waals surface area contributed by atoms with Gasteiger partial charge in [-0.3, -0.25) is 14.5 Å². The number of amides is 2. The van der Waals surface area contributed by atoms with Gasteiger partial charge in [-0.1, -0.05) is 18.6 Å². The maximum absolute atomic E-state index is 13.3. The van der Waals surface area contributed by atoms with Crippen LogP contribution in [0.3, 0.4) is 0 Å². The lowest BCUT2D eigenvalue weighted by molar-refractivity contribution is -0.136. The van der Waals surface area contributed by atoms with Crippen molar-refractivity contribution in [2.75, 3.05) is 52.4 Å². The van der Waals surface area contributed by atoms with Crippen LogP contribution in [0.2, 0.25) is 0 Å². The molecule has 0 saturated carbocycles. The third-order valence-corrected chi connectivity index (χ3v) is 9.15. The lowest BCUT2D eigenvalue weighted by Crippen LogP contribution is -2.53. The van der Waals surface area contributed by atoms with Crippen LogP contribution in [0.1, 0.15) is 55.8 Å². The molecule has 1 aromatic rings. The van der Waals surface area contributed by atoms with Crippen LogP contribution in [0.5, 0.6) is 0 Å². The normalized spacial score (nSPS) is 23.5. The second-order valence-electron chi connectivity index (χ2n) is 9.46. The van der Waals surface area contributed by atoms with Crippen LogP contribution in [0.25, 0.3) is 0 Å². The van der Waals surface area contributed by atoms with Crippen LogP contribution in [-0.4, -0.2) is 97.6 Å². The van der Waals surface area contributed by atoms with Gasteiger partial charge in [0.25, 0.3) is 5.91 Å². The molecule has 3 aliphatic heterocycles. The van der Waals surface area contributed by atoms with Crippen LogP contribution < -0.4 is 0 Å². The predicted octanol–water partition coefficient (Wildman–Crippen LogP) is 2.02. The van der Waals surface area contributed by atoms with Gasteiger partial charge >= 0.3 is 0 Å². The first kappa shape index (κ1) is 24.2. The van der Waals surface area contributed by atoms with Crippen LogP contribution in [0.4, 0.5) is 0 Å². The quantitative estimate of drug-likeness (QED) is 0.650. The molecule has 0 spiro atoms. The molecule has 0 radical (unpaired) electrons. The van der Waals surface area contributed by atoms with E-state index in [0.29, 0.717) is 51.9 Å². The van der Waals surface area contributed by atoms with Crippen molar-refractivity contribution >= 4 is 21.8 Å². The number of carbonyl (C=O) groups excluding carboxylic acids is 2. The Labute approximate surface area is 197 Å². The number of piperidine rings is 2. The molecular formula is C24H36N4O4S. The fourth-order valence-corrected chi connectivity index (χ4v) is 6.84. The summed E-state index contributed by atoms with van der Waals surface area (Å²) in [4.78, 5) is 32.0. The molecular weight excluding hydrogens is 440 g/mol. The van der Waals surface area contributed by atoms with E-state index in [4.69, 9.17) is 0 Å². The number of carbonyl (C=O) groups is 2. The average molecular weight is 477 g/mol.